The Morgan fingerprint density at radius 2 is 1.83 bits per heavy atom. The summed E-state index contributed by atoms with van der Waals surface area (Å²) in [6.45, 7) is 8.13. The molecule has 0 aliphatic carbocycles. The maximum Gasteiger partial charge on any atom is 0.261 e. The van der Waals surface area contributed by atoms with Crippen LogP contribution in [0.5, 0.6) is 5.75 Å². The van der Waals surface area contributed by atoms with Gasteiger partial charge in [0.1, 0.15) is 11.8 Å². The highest BCUT2D eigenvalue weighted by Crippen LogP contribution is 2.24. The molecule has 0 spiro atoms. The van der Waals surface area contributed by atoms with E-state index >= 15 is 0 Å². The number of carbonyl (C=O) groups excluding carboxylic acids is 2. The van der Waals surface area contributed by atoms with E-state index in [0.717, 1.165) is 11.1 Å². The van der Waals surface area contributed by atoms with Crippen LogP contribution in [0.2, 0.25) is 10.0 Å². The van der Waals surface area contributed by atoms with Crippen molar-refractivity contribution in [2.24, 2.45) is 0 Å². The van der Waals surface area contributed by atoms with Crippen LogP contribution < -0.4 is 10.1 Å². The Balaban J connectivity index is 2.26. The Kier molecular flexibility index (Phi) is 9.00. The van der Waals surface area contributed by atoms with Gasteiger partial charge >= 0.3 is 0 Å². The van der Waals surface area contributed by atoms with Gasteiger partial charge in [0.2, 0.25) is 5.91 Å². The molecule has 162 valence electrons. The van der Waals surface area contributed by atoms with E-state index in [4.69, 9.17) is 27.9 Å². The van der Waals surface area contributed by atoms with Crippen LogP contribution in [-0.4, -0.2) is 35.9 Å². The summed E-state index contributed by atoms with van der Waals surface area (Å²) in [4.78, 5) is 27.3. The molecule has 5 nitrogen and oxygen atoms in total. The van der Waals surface area contributed by atoms with Crippen LogP contribution in [0, 0.1) is 13.8 Å². The average molecular weight is 451 g/mol. The molecular weight excluding hydrogens is 423 g/mol. The molecule has 0 aliphatic heterocycles. The second-order valence-electron chi connectivity index (χ2n) is 7.13. The Labute approximate surface area is 188 Å². The van der Waals surface area contributed by atoms with E-state index in [2.05, 4.69) is 5.32 Å². The van der Waals surface area contributed by atoms with E-state index in [1.165, 1.54) is 4.90 Å². The number of amides is 2. The van der Waals surface area contributed by atoms with Crippen molar-refractivity contribution >= 4 is 35.0 Å². The molecule has 2 amide bonds. The zero-order valence-corrected chi connectivity index (χ0v) is 19.3. The van der Waals surface area contributed by atoms with Crippen molar-refractivity contribution in [2.75, 3.05) is 13.2 Å². The zero-order chi connectivity index (χ0) is 22.3. The van der Waals surface area contributed by atoms with E-state index in [0.29, 0.717) is 34.3 Å². The first-order chi connectivity index (χ1) is 14.3. The standard InChI is InChI=1S/C23H28Cl2N2O3/c1-5-20(23(29)26-6-2)27(13-17-8-9-18(24)12-19(17)25)22(28)14-30-21-10-7-15(3)11-16(21)4/h7-12,20H,5-6,13-14H2,1-4H3,(H,26,29)/t20-/m0/s1. The van der Waals surface area contributed by atoms with Crippen molar-refractivity contribution in [2.45, 2.75) is 46.7 Å². The average Bonchev–Trinajstić information content (AvgIpc) is 2.68. The number of likely N-dealkylation sites (N-methyl/N-ethyl adjacent to an activating group) is 1. The molecular formula is C23H28Cl2N2O3. The largest absolute Gasteiger partial charge is 0.483 e. The molecule has 7 heteroatoms. The number of aryl methyl sites for hydroxylation is 2. The second-order valence-corrected chi connectivity index (χ2v) is 7.98. The van der Waals surface area contributed by atoms with Crippen molar-refractivity contribution in [3.05, 3.63) is 63.1 Å². The Morgan fingerprint density at radius 1 is 1.10 bits per heavy atom. The number of rotatable bonds is 9. The molecule has 0 aromatic heterocycles. The maximum absolute atomic E-state index is 13.1. The first-order valence-corrected chi connectivity index (χ1v) is 10.7. The van der Waals surface area contributed by atoms with Gasteiger partial charge in [-0.1, -0.05) is 53.9 Å². The van der Waals surface area contributed by atoms with Crippen LogP contribution in [-0.2, 0) is 16.1 Å². The number of hydrogen-bond acceptors (Lipinski definition) is 3. The fraction of sp³-hybridized carbons (Fsp3) is 0.391. The van der Waals surface area contributed by atoms with Crippen LogP contribution in [0.4, 0.5) is 0 Å². The molecule has 0 saturated carbocycles. The summed E-state index contributed by atoms with van der Waals surface area (Å²) >= 11 is 12.3. The summed E-state index contributed by atoms with van der Waals surface area (Å²) in [7, 11) is 0. The van der Waals surface area contributed by atoms with E-state index < -0.39 is 6.04 Å². The number of benzene rings is 2. The molecule has 0 radical (unpaired) electrons. The van der Waals surface area contributed by atoms with E-state index in [-0.39, 0.29) is 25.0 Å². The number of halogens is 2. The lowest BCUT2D eigenvalue weighted by atomic mass is 10.1. The van der Waals surface area contributed by atoms with Crippen LogP contribution >= 0.6 is 23.2 Å². The van der Waals surface area contributed by atoms with E-state index in [1.54, 1.807) is 18.2 Å². The highest BCUT2D eigenvalue weighted by Gasteiger charge is 2.29. The zero-order valence-electron chi connectivity index (χ0n) is 17.8. The number of nitrogens with one attached hydrogen (secondary N) is 1. The van der Waals surface area contributed by atoms with Gasteiger partial charge in [-0.3, -0.25) is 9.59 Å². The third-order valence-electron chi connectivity index (χ3n) is 4.77. The number of carbonyl (C=O) groups is 2. The second kappa shape index (κ2) is 11.2. The molecule has 1 atom stereocenters. The minimum Gasteiger partial charge on any atom is -0.483 e. The van der Waals surface area contributed by atoms with Gasteiger partial charge in [-0.25, -0.2) is 0 Å². The molecule has 0 unspecified atom stereocenters. The molecule has 0 heterocycles. The summed E-state index contributed by atoms with van der Waals surface area (Å²) in [5, 5.41) is 3.76. The van der Waals surface area contributed by atoms with Crippen LogP contribution in [0.1, 0.15) is 37.0 Å². The first-order valence-electron chi connectivity index (χ1n) is 9.97. The summed E-state index contributed by atoms with van der Waals surface area (Å²) in [5.41, 5.74) is 2.78. The SMILES string of the molecule is CCNC(=O)[C@H](CC)N(Cc1ccc(Cl)cc1Cl)C(=O)COc1ccc(C)cc1C. The van der Waals surface area contributed by atoms with Crippen molar-refractivity contribution in [3.63, 3.8) is 0 Å². The molecule has 0 aliphatic rings. The minimum atomic E-state index is -0.632. The fourth-order valence-corrected chi connectivity index (χ4v) is 3.70. The highest BCUT2D eigenvalue weighted by atomic mass is 35.5. The van der Waals surface area contributed by atoms with Crippen LogP contribution in [0.15, 0.2) is 36.4 Å². The fourth-order valence-electron chi connectivity index (χ4n) is 3.23. The van der Waals surface area contributed by atoms with E-state index in [9.17, 15) is 9.59 Å². The van der Waals surface area contributed by atoms with Gasteiger partial charge < -0.3 is 15.0 Å². The lowest BCUT2D eigenvalue weighted by Gasteiger charge is -2.30. The van der Waals surface area contributed by atoms with Gasteiger partial charge in [0, 0.05) is 23.1 Å². The summed E-state index contributed by atoms with van der Waals surface area (Å²) in [5.74, 6) is 0.147. The predicted octanol–water partition coefficient (Wildman–Crippen LogP) is 4.93. The van der Waals surface area contributed by atoms with Crippen molar-refractivity contribution in [1.82, 2.24) is 10.2 Å². The minimum absolute atomic E-state index is 0.176. The molecule has 0 saturated heterocycles. The number of nitrogens with zero attached hydrogens (tertiary/aromatic N) is 1. The van der Waals surface area contributed by atoms with Gasteiger partial charge in [-0.05, 0) is 56.5 Å². The van der Waals surface area contributed by atoms with Gasteiger partial charge in [-0.2, -0.15) is 0 Å². The Hall–Kier alpha value is -2.24. The van der Waals surface area contributed by atoms with Gasteiger partial charge in [0.05, 0.1) is 0 Å². The van der Waals surface area contributed by atoms with Crippen LogP contribution in [0.25, 0.3) is 0 Å². The molecule has 2 aromatic carbocycles. The summed E-state index contributed by atoms with van der Waals surface area (Å²) < 4.78 is 5.78. The van der Waals surface area contributed by atoms with Gasteiger partial charge in [0.25, 0.3) is 5.91 Å². The summed E-state index contributed by atoms with van der Waals surface area (Å²) in [6.07, 6.45) is 0.465. The quantitative estimate of drug-likeness (QED) is 0.588. The van der Waals surface area contributed by atoms with Crippen LogP contribution in [0.3, 0.4) is 0 Å². The van der Waals surface area contributed by atoms with Crippen molar-refractivity contribution < 1.29 is 14.3 Å². The third kappa shape index (κ3) is 6.38. The Bertz CT molecular complexity index is 902. The Morgan fingerprint density at radius 3 is 2.43 bits per heavy atom. The normalized spacial score (nSPS) is 11.7. The van der Waals surface area contributed by atoms with Crippen molar-refractivity contribution in [1.29, 1.82) is 0 Å². The molecule has 0 bridgehead atoms. The molecule has 1 N–H and O–H groups in total. The summed E-state index contributed by atoms with van der Waals surface area (Å²) in [6, 6.07) is 10.2. The third-order valence-corrected chi connectivity index (χ3v) is 5.36. The lowest BCUT2D eigenvalue weighted by Crippen LogP contribution is -2.50. The lowest BCUT2D eigenvalue weighted by molar-refractivity contribution is -0.142. The first kappa shape index (κ1) is 24.0. The molecule has 30 heavy (non-hydrogen) atoms. The van der Waals surface area contributed by atoms with Gasteiger partial charge in [0.15, 0.2) is 6.61 Å². The van der Waals surface area contributed by atoms with E-state index in [1.807, 2.05) is 45.9 Å². The monoisotopic (exact) mass is 450 g/mol. The molecule has 2 aromatic rings. The number of hydrogen-bond donors (Lipinski definition) is 1. The van der Waals surface area contributed by atoms with Gasteiger partial charge in [-0.15, -0.1) is 0 Å². The topological polar surface area (TPSA) is 58.6 Å². The molecule has 2 rings (SSSR count). The smallest absolute Gasteiger partial charge is 0.261 e. The predicted molar refractivity (Wildman–Crippen MR) is 121 cm³/mol. The maximum atomic E-state index is 13.1. The number of ether oxygens (including phenoxy) is 1. The molecule has 0 fully saturated rings. The highest BCUT2D eigenvalue weighted by molar-refractivity contribution is 6.35. The van der Waals surface area contributed by atoms with Crippen molar-refractivity contribution in [3.8, 4) is 5.75 Å².